The molecule has 3 unspecified atom stereocenters. The molecule has 36 heavy (non-hydrogen) atoms. The topological polar surface area (TPSA) is 108 Å². The van der Waals surface area contributed by atoms with Crippen LogP contribution in [0.1, 0.15) is 66.7 Å². The molecule has 1 spiro atoms. The molecule has 3 N–H and O–H groups in total. The van der Waals surface area contributed by atoms with E-state index in [1.165, 1.54) is 0 Å². The van der Waals surface area contributed by atoms with E-state index in [1.54, 1.807) is 4.90 Å². The molecule has 3 fully saturated rings. The average Bonchev–Trinajstić information content (AvgIpc) is 3.41. The fourth-order valence-electron chi connectivity index (χ4n) is 6.80. The summed E-state index contributed by atoms with van der Waals surface area (Å²) >= 11 is 0. The Labute approximate surface area is 214 Å². The van der Waals surface area contributed by atoms with Crippen molar-refractivity contribution < 1.29 is 24.2 Å². The first-order valence-electron chi connectivity index (χ1n) is 13.4. The molecule has 0 aliphatic carbocycles. The molecule has 0 aromatic heterocycles. The lowest BCUT2D eigenvalue weighted by Crippen LogP contribution is -2.60. The minimum atomic E-state index is -1.10. The van der Waals surface area contributed by atoms with Gasteiger partial charge < -0.3 is 25.4 Å². The maximum Gasteiger partial charge on any atom is 0.246 e. The number of aliphatic hydroxyl groups excluding tert-OH is 1. The summed E-state index contributed by atoms with van der Waals surface area (Å²) in [5, 5.41) is 16.4. The molecule has 8 heteroatoms. The number of nitrogens with zero attached hydrogens (tertiary/aromatic N) is 1. The summed E-state index contributed by atoms with van der Waals surface area (Å²) in [6.07, 6.45) is 3.58. The quantitative estimate of drug-likeness (QED) is 0.459. The van der Waals surface area contributed by atoms with Gasteiger partial charge in [0.25, 0.3) is 0 Å². The monoisotopic (exact) mass is 499 g/mol. The summed E-state index contributed by atoms with van der Waals surface area (Å²) in [6, 6.07) is 7.69. The van der Waals surface area contributed by atoms with Gasteiger partial charge in [-0.1, -0.05) is 51.8 Å². The maximum absolute atomic E-state index is 14.2. The van der Waals surface area contributed by atoms with E-state index < -0.39 is 35.1 Å². The highest BCUT2D eigenvalue weighted by atomic mass is 16.5. The number of hydrogen-bond acceptors (Lipinski definition) is 5. The Hall–Kier alpha value is -2.45. The smallest absolute Gasteiger partial charge is 0.246 e. The molecule has 3 amide bonds. The van der Waals surface area contributed by atoms with E-state index in [4.69, 9.17) is 4.74 Å². The van der Waals surface area contributed by atoms with E-state index in [2.05, 4.69) is 17.6 Å². The second-order valence-electron chi connectivity index (χ2n) is 11.2. The number of para-hydroxylation sites is 1. The zero-order valence-corrected chi connectivity index (χ0v) is 22.1. The van der Waals surface area contributed by atoms with Gasteiger partial charge in [0, 0.05) is 11.7 Å². The standard InChI is InChI=1S/C28H41N3O5/c1-6-11-18(4)29-25(34)23-28-15-14-27(5,36-28)21(24(33)30-19-12-9-8-10-13-19)22(28)26(35)31(23)20(16-32)17(3)7-2/h8-10,12-13,17-18,20-23,32H,6-7,11,14-16H2,1-5H3,(H,29,34)(H,30,33)/t17-,18?,20-,21+,22-,23?,27-,28?/m0/s1. The molecule has 1 aromatic carbocycles. The Balaban J connectivity index is 1.75. The van der Waals surface area contributed by atoms with Gasteiger partial charge in [0.1, 0.15) is 11.6 Å². The lowest BCUT2D eigenvalue weighted by atomic mass is 9.66. The SMILES string of the molecule is CCCC(C)NC(=O)C1N([C@@H](CO)[C@@H](C)CC)C(=O)[C@@H]2[C@H](C(=O)Nc3ccccc3)[C@]3(C)CCC12O3. The molecule has 2 bridgehead atoms. The number of rotatable bonds is 10. The summed E-state index contributed by atoms with van der Waals surface area (Å²) in [7, 11) is 0. The highest BCUT2D eigenvalue weighted by Crippen LogP contribution is 2.63. The summed E-state index contributed by atoms with van der Waals surface area (Å²) in [5.74, 6) is -2.34. The van der Waals surface area contributed by atoms with Gasteiger partial charge >= 0.3 is 0 Å². The molecule has 3 heterocycles. The third kappa shape index (κ3) is 4.22. The first-order valence-corrected chi connectivity index (χ1v) is 13.4. The van der Waals surface area contributed by atoms with Gasteiger partial charge in [-0.2, -0.15) is 0 Å². The van der Waals surface area contributed by atoms with E-state index in [0.29, 0.717) is 18.5 Å². The zero-order chi connectivity index (χ0) is 26.3. The first kappa shape index (κ1) is 26.6. The van der Waals surface area contributed by atoms with E-state index >= 15 is 0 Å². The van der Waals surface area contributed by atoms with Gasteiger partial charge in [-0.15, -0.1) is 0 Å². The van der Waals surface area contributed by atoms with Crippen molar-refractivity contribution in [1.82, 2.24) is 10.2 Å². The highest BCUT2D eigenvalue weighted by molar-refractivity contribution is 6.02. The van der Waals surface area contributed by atoms with E-state index in [0.717, 1.165) is 19.3 Å². The second kappa shape index (κ2) is 10.1. The average molecular weight is 500 g/mol. The molecule has 3 aliphatic heterocycles. The van der Waals surface area contributed by atoms with Crippen LogP contribution in [0, 0.1) is 17.8 Å². The minimum absolute atomic E-state index is 0.0260. The lowest BCUT2D eigenvalue weighted by molar-refractivity contribution is -0.150. The number of hydrogen-bond donors (Lipinski definition) is 3. The van der Waals surface area contributed by atoms with Gasteiger partial charge in [-0.05, 0) is 51.2 Å². The number of anilines is 1. The molecule has 198 valence electrons. The molecule has 4 rings (SSSR count). The van der Waals surface area contributed by atoms with Crippen LogP contribution >= 0.6 is 0 Å². The summed E-state index contributed by atoms with van der Waals surface area (Å²) in [4.78, 5) is 43.3. The number of amides is 3. The van der Waals surface area contributed by atoms with Crippen LogP contribution in [0.4, 0.5) is 5.69 Å². The molecule has 8 nitrogen and oxygen atoms in total. The van der Waals surface area contributed by atoms with E-state index in [9.17, 15) is 19.5 Å². The normalized spacial score (nSPS) is 33.2. The number of carbonyl (C=O) groups is 3. The fourth-order valence-corrected chi connectivity index (χ4v) is 6.80. The molecule has 3 saturated heterocycles. The number of nitrogens with one attached hydrogen (secondary N) is 2. The fraction of sp³-hybridized carbons (Fsp3) is 0.679. The molecule has 1 aromatic rings. The molecule has 3 aliphatic rings. The van der Waals surface area contributed by atoms with Crippen LogP contribution in [0.25, 0.3) is 0 Å². The summed E-state index contributed by atoms with van der Waals surface area (Å²) in [6.45, 7) is 9.64. The maximum atomic E-state index is 14.2. The number of benzene rings is 1. The number of fused-ring (bicyclic) bond motifs is 1. The first-order chi connectivity index (χ1) is 17.1. The Kier molecular flexibility index (Phi) is 7.49. The van der Waals surface area contributed by atoms with Crippen molar-refractivity contribution in [3.8, 4) is 0 Å². The minimum Gasteiger partial charge on any atom is -0.394 e. The lowest BCUT2D eigenvalue weighted by Gasteiger charge is -2.39. The molecule has 0 radical (unpaired) electrons. The number of likely N-dealkylation sites (tertiary alicyclic amines) is 1. The van der Waals surface area contributed by atoms with Crippen molar-refractivity contribution in [2.45, 2.75) is 96.1 Å². The highest BCUT2D eigenvalue weighted by Gasteiger charge is 2.78. The van der Waals surface area contributed by atoms with Gasteiger partial charge in [-0.3, -0.25) is 14.4 Å². The Bertz CT molecular complexity index is 987. The predicted octanol–water partition coefficient (Wildman–Crippen LogP) is 3.10. The summed E-state index contributed by atoms with van der Waals surface area (Å²) in [5.41, 5.74) is -1.29. The third-order valence-corrected chi connectivity index (χ3v) is 8.74. The van der Waals surface area contributed by atoms with Crippen LogP contribution in [0.15, 0.2) is 30.3 Å². The van der Waals surface area contributed by atoms with Crippen LogP contribution in [0.5, 0.6) is 0 Å². The number of ether oxygens (including phenoxy) is 1. The van der Waals surface area contributed by atoms with Gasteiger partial charge in [0.15, 0.2) is 0 Å². The third-order valence-electron chi connectivity index (χ3n) is 8.74. The Morgan fingerprint density at radius 3 is 2.47 bits per heavy atom. The van der Waals surface area contributed by atoms with E-state index in [1.807, 2.05) is 58.0 Å². The Morgan fingerprint density at radius 1 is 1.17 bits per heavy atom. The van der Waals surface area contributed by atoms with Gasteiger partial charge in [0.2, 0.25) is 17.7 Å². The molecular weight excluding hydrogens is 458 g/mol. The van der Waals surface area contributed by atoms with Gasteiger partial charge in [0.05, 0.1) is 30.1 Å². The van der Waals surface area contributed by atoms with Crippen molar-refractivity contribution in [2.75, 3.05) is 11.9 Å². The zero-order valence-electron chi connectivity index (χ0n) is 22.1. The van der Waals surface area contributed by atoms with Crippen molar-refractivity contribution >= 4 is 23.4 Å². The Morgan fingerprint density at radius 2 is 1.86 bits per heavy atom. The second-order valence-corrected chi connectivity index (χ2v) is 11.2. The van der Waals surface area contributed by atoms with Crippen molar-refractivity contribution in [1.29, 1.82) is 0 Å². The number of aliphatic hydroxyl groups is 1. The van der Waals surface area contributed by atoms with Crippen LogP contribution < -0.4 is 10.6 Å². The van der Waals surface area contributed by atoms with Crippen molar-refractivity contribution in [2.24, 2.45) is 17.8 Å². The van der Waals surface area contributed by atoms with Crippen molar-refractivity contribution in [3.63, 3.8) is 0 Å². The molecule has 0 saturated carbocycles. The summed E-state index contributed by atoms with van der Waals surface area (Å²) < 4.78 is 6.66. The number of carbonyl (C=O) groups excluding carboxylic acids is 3. The largest absolute Gasteiger partial charge is 0.394 e. The van der Waals surface area contributed by atoms with Crippen molar-refractivity contribution in [3.05, 3.63) is 30.3 Å². The van der Waals surface area contributed by atoms with Crippen LogP contribution in [-0.4, -0.2) is 63.7 Å². The van der Waals surface area contributed by atoms with Crippen LogP contribution in [0.2, 0.25) is 0 Å². The molecular formula is C28H41N3O5. The molecule has 8 atom stereocenters. The van der Waals surface area contributed by atoms with E-state index in [-0.39, 0.29) is 36.3 Å². The predicted molar refractivity (Wildman–Crippen MR) is 137 cm³/mol. The van der Waals surface area contributed by atoms with Gasteiger partial charge in [-0.25, -0.2) is 0 Å². The van der Waals surface area contributed by atoms with Crippen LogP contribution in [0.3, 0.4) is 0 Å². The van der Waals surface area contributed by atoms with Crippen LogP contribution in [-0.2, 0) is 19.1 Å².